The Morgan fingerprint density at radius 2 is 1.78 bits per heavy atom. The Labute approximate surface area is 125 Å². The highest BCUT2D eigenvalue weighted by atomic mass is 79.9. The first-order valence-corrected chi connectivity index (χ1v) is 8.73. The molecule has 18 heavy (non-hydrogen) atoms. The van der Waals surface area contributed by atoms with E-state index in [9.17, 15) is 8.42 Å². The van der Waals surface area contributed by atoms with Crippen LogP contribution in [0.3, 0.4) is 0 Å². The molecule has 0 aliphatic heterocycles. The molecule has 0 bridgehead atoms. The quantitative estimate of drug-likeness (QED) is 0.772. The topological polar surface area (TPSA) is 58.2 Å². The highest BCUT2D eigenvalue weighted by Gasteiger charge is 2.14. The van der Waals surface area contributed by atoms with Crippen LogP contribution in [0.1, 0.15) is 13.8 Å². The molecule has 1 rings (SSSR count). The second kappa shape index (κ2) is 6.88. The Morgan fingerprint density at radius 1 is 1.22 bits per heavy atom. The molecule has 0 aliphatic carbocycles. The van der Waals surface area contributed by atoms with Gasteiger partial charge in [-0.3, -0.25) is 4.72 Å². The third-order valence-electron chi connectivity index (χ3n) is 2.14. The summed E-state index contributed by atoms with van der Waals surface area (Å²) in [7, 11) is -3.35. The highest BCUT2D eigenvalue weighted by molar-refractivity contribution is 9.11. The van der Waals surface area contributed by atoms with Crippen molar-refractivity contribution in [3.63, 3.8) is 0 Å². The lowest BCUT2D eigenvalue weighted by molar-refractivity contribution is 0.582. The molecule has 7 heteroatoms. The summed E-state index contributed by atoms with van der Waals surface area (Å²) in [5.74, 6) is 0.0406. The van der Waals surface area contributed by atoms with E-state index in [1.165, 1.54) is 0 Å². The fourth-order valence-electron chi connectivity index (χ4n) is 1.28. The number of benzene rings is 1. The van der Waals surface area contributed by atoms with Crippen molar-refractivity contribution in [1.29, 1.82) is 0 Å². The molecule has 0 unspecified atom stereocenters. The molecule has 0 spiro atoms. The molecule has 0 aliphatic rings. The Kier molecular flexibility index (Phi) is 6.10. The van der Waals surface area contributed by atoms with Crippen LogP contribution in [0.25, 0.3) is 0 Å². The lowest BCUT2D eigenvalue weighted by atomic mass is 10.3. The minimum Gasteiger partial charge on any atom is -0.313 e. The van der Waals surface area contributed by atoms with Gasteiger partial charge in [0.2, 0.25) is 10.0 Å². The third kappa shape index (κ3) is 5.26. The molecule has 0 fully saturated rings. The Morgan fingerprint density at radius 3 is 2.28 bits per heavy atom. The molecular weight excluding hydrogens is 384 g/mol. The average Bonchev–Trinajstić information content (AvgIpc) is 2.23. The van der Waals surface area contributed by atoms with Crippen molar-refractivity contribution < 1.29 is 8.42 Å². The molecule has 2 N–H and O–H groups in total. The van der Waals surface area contributed by atoms with Gasteiger partial charge in [0.15, 0.2) is 0 Å². The van der Waals surface area contributed by atoms with Crippen molar-refractivity contribution in [2.45, 2.75) is 19.9 Å². The van der Waals surface area contributed by atoms with Gasteiger partial charge < -0.3 is 5.32 Å². The number of anilines is 1. The number of hydrogen-bond donors (Lipinski definition) is 2. The molecule has 1 aromatic carbocycles. The summed E-state index contributed by atoms with van der Waals surface area (Å²) in [5, 5.41) is 3.07. The summed E-state index contributed by atoms with van der Waals surface area (Å²) < 4.78 is 27.8. The van der Waals surface area contributed by atoms with Crippen molar-refractivity contribution in [3.8, 4) is 0 Å². The maximum absolute atomic E-state index is 11.9. The molecule has 0 saturated carbocycles. The van der Waals surface area contributed by atoms with Gasteiger partial charge in [-0.05, 0) is 44.0 Å². The van der Waals surface area contributed by atoms with E-state index >= 15 is 0 Å². The molecule has 1 aromatic rings. The Hall–Kier alpha value is -0.110. The molecule has 0 heterocycles. The fraction of sp³-hybridized carbons (Fsp3) is 0.455. The summed E-state index contributed by atoms with van der Waals surface area (Å²) in [6, 6.07) is 5.67. The van der Waals surface area contributed by atoms with Gasteiger partial charge in [-0.1, -0.05) is 19.9 Å². The summed E-state index contributed by atoms with van der Waals surface area (Å²) in [6.45, 7) is 4.38. The van der Waals surface area contributed by atoms with Crippen LogP contribution < -0.4 is 10.0 Å². The maximum Gasteiger partial charge on any atom is 0.234 e. The average molecular weight is 400 g/mol. The lowest BCUT2D eigenvalue weighted by Crippen LogP contribution is -2.31. The normalized spacial score (nSPS) is 11.8. The van der Waals surface area contributed by atoms with Gasteiger partial charge in [-0.25, -0.2) is 8.42 Å². The molecular formula is C11H16Br2N2O2S. The minimum atomic E-state index is -3.35. The zero-order chi connectivity index (χ0) is 13.8. The van der Waals surface area contributed by atoms with E-state index < -0.39 is 10.0 Å². The molecule has 0 atom stereocenters. The zero-order valence-corrected chi connectivity index (χ0v) is 14.2. The van der Waals surface area contributed by atoms with Gasteiger partial charge in [0.1, 0.15) is 0 Å². The first-order chi connectivity index (χ1) is 8.32. The van der Waals surface area contributed by atoms with E-state index in [0.29, 0.717) is 21.2 Å². The van der Waals surface area contributed by atoms with Crippen molar-refractivity contribution in [3.05, 3.63) is 27.1 Å². The molecule has 0 radical (unpaired) electrons. The van der Waals surface area contributed by atoms with E-state index in [2.05, 4.69) is 41.9 Å². The number of nitrogens with one attached hydrogen (secondary N) is 2. The first-order valence-electron chi connectivity index (χ1n) is 5.50. The number of hydrogen-bond acceptors (Lipinski definition) is 3. The van der Waals surface area contributed by atoms with E-state index in [4.69, 9.17) is 0 Å². The number of rotatable bonds is 6. The van der Waals surface area contributed by atoms with Crippen LogP contribution in [0.2, 0.25) is 0 Å². The van der Waals surface area contributed by atoms with Crippen LogP contribution in [-0.2, 0) is 10.0 Å². The third-order valence-corrected chi connectivity index (χ3v) is 4.72. The van der Waals surface area contributed by atoms with Crippen molar-refractivity contribution in [1.82, 2.24) is 5.32 Å². The van der Waals surface area contributed by atoms with E-state index in [-0.39, 0.29) is 11.8 Å². The first kappa shape index (κ1) is 15.9. The minimum absolute atomic E-state index is 0.0406. The molecule has 0 amide bonds. The van der Waals surface area contributed by atoms with Crippen LogP contribution in [0.4, 0.5) is 5.69 Å². The van der Waals surface area contributed by atoms with Crippen LogP contribution in [0.5, 0.6) is 0 Å². The predicted molar refractivity (Wildman–Crippen MR) is 82.4 cm³/mol. The lowest BCUT2D eigenvalue weighted by Gasteiger charge is -2.12. The van der Waals surface area contributed by atoms with E-state index in [1.807, 2.05) is 19.9 Å². The number of halogens is 2. The largest absolute Gasteiger partial charge is 0.313 e. The Balaban J connectivity index is 2.71. The number of sulfonamides is 1. The summed E-state index contributed by atoms with van der Waals surface area (Å²) >= 11 is 6.64. The van der Waals surface area contributed by atoms with Crippen molar-refractivity contribution in [2.75, 3.05) is 17.0 Å². The van der Waals surface area contributed by atoms with Crippen molar-refractivity contribution in [2.24, 2.45) is 0 Å². The van der Waals surface area contributed by atoms with Gasteiger partial charge in [-0.15, -0.1) is 0 Å². The molecule has 4 nitrogen and oxygen atoms in total. The SMILES string of the molecule is CC(C)NCCS(=O)(=O)Nc1c(Br)cccc1Br. The van der Waals surface area contributed by atoms with Gasteiger partial charge in [0.25, 0.3) is 0 Å². The van der Waals surface area contributed by atoms with Gasteiger partial charge in [0, 0.05) is 21.5 Å². The summed E-state index contributed by atoms with van der Waals surface area (Å²) in [6.07, 6.45) is 0. The van der Waals surface area contributed by atoms with Crippen LogP contribution in [-0.4, -0.2) is 26.8 Å². The molecule has 102 valence electrons. The predicted octanol–water partition coefficient (Wildman–Crippen LogP) is 2.95. The number of para-hydroxylation sites is 1. The van der Waals surface area contributed by atoms with E-state index in [0.717, 1.165) is 0 Å². The monoisotopic (exact) mass is 398 g/mol. The second-order valence-electron chi connectivity index (χ2n) is 4.13. The van der Waals surface area contributed by atoms with Crippen LogP contribution in [0, 0.1) is 0 Å². The van der Waals surface area contributed by atoms with Gasteiger partial charge in [-0.2, -0.15) is 0 Å². The second-order valence-corrected chi connectivity index (χ2v) is 7.68. The molecule has 0 aromatic heterocycles. The van der Waals surface area contributed by atoms with E-state index in [1.54, 1.807) is 12.1 Å². The zero-order valence-electron chi connectivity index (χ0n) is 10.2. The highest BCUT2D eigenvalue weighted by Crippen LogP contribution is 2.31. The fourth-order valence-corrected chi connectivity index (χ4v) is 3.76. The van der Waals surface area contributed by atoms with Crippen LogP contribution >= 0.6 is 31.9 Å². The summed E-state index contributed by atoms with van der Waals surface area (Å²) in [5.41, 5.74) is 0.530. The van der Waals surface area contributed by atoms with Gasteiger partial charge >= 0.3 is 0 Å². The molecule has 0 saturated heterocycles. The van der Waals surface area contributed by atoms with Gasteiger partial charge in [0.05, 0.1) is 11.4 Å². The Bertz CT molecular complexity index is 484. The maximum atomic E-state index is 11.9. The van der Waals surface area contributed by atoms with Crippen molar-refractivity contribution >= 4 is 47.6 Å². The van der Waals surface area contributed by atoms with Crippen LogP contribution in [0.15, 0.2) is 27.1 Å². The standard InChI is InChI=1S/C11H16Br2N2O2S/c1-8(2)14-6-7-18(16,17)15-11-9(12)4-3-5-10(11)13/h3-5,8,14-15H,6-7H2,1-2H3. The summed E-state index contributed by atoms with van der Waals surface area (Å²) in [4.78, 5) is 0. The smallest absolute Gasteiger partial charge is 0.234 e.